The van der Waals surface area contributed by atoms with Crippen molar-refractivity contribution in [3.8, 4) is 0 Å². The van der Waals surface area contributed by atoms with Crippen LogP contribution >= 0.6 is 23.7 Å². The number of halogens is 3. The van der Waals surface area contributed by atoms with Crippen LogP contribution in [0.4, 0.5) is 19.7 Å². The van der Waals surface area contributed by atoms with Gasteiger partial charge >= 0.3 is 0 Å². The predicted molar refractivity (Wildman–Crippen MR) is 138 cm³/mol. The van der Waals surface area contributed by atoms with Crippen molar-refractivity contribution in [3.05, 3.63) is 39.8 Å². The Balaban J connectivity index is 0.00000432. The normalized spacial score (nSPS) is 18.3. The molecule has 1 saturated carbocycles. The highest BCUT2D eigenvalue weighted by atomic mass is 35.5. The maximum Gasteiger partial charge on any atom is 0.212 e. The van der Waals surface area contributed by atoms with Gasteiger partial charge in [-0.25, -0.2) is 26.9 Å². The van der Waals surface area contributed by atoms with Gasteiger partial charge in [0.25, 0.3) is 0 Å². The van der Waals surface area contributed by atoms with Crippen molar-refractivity contribution in [2.45, 2.75) is 58.2 Å². The molecular formula is C22H32ClF2N5O3S2. The van der Waals surface area contributed by atoms with Gasteiger partial charge in [-0.15, -0.1) is 12.4 Å². The van der Waals surface area contributed by atoms with Crippen LogP contribution in [0.3, 0.4) is 0 Å². The van der Waals surface area contributed by atoms with Gasteiger partial charge in [0.1, 0.15) is 22.3 Å². The van der Waals surface area contributed by atoms with Gasteiger partial charge in [-0.1, -0.05) is 25.2 Å². The van der Waals surface area contributed by atoms with E-state index in [1.165, 1.54) is 0 Å². The van der Waals surface area contributed by atoms with Crippen LogP contribution in [0, 0.1) is 17.6 Å². The molecule has 1 heterocycles. The summed E-state index contributed by atoms with van der Waals surface area (Å²) in [5.74, 6) is -2.69. The monoisotopic (exact) mass is 551 g/mol. The van der Waals surface area contributed by atoms with E-state index in [1.807, 2.05) is 13.8 Å². The van der Waals surface area contributed by atoms with Crippen molar-refractivity contribution in [3.63, 3.8) is 0 Å². The van der Waals surface area contributed by atoms with E-state index in [2.05, 4.69) is 20.3 Å². The lowest BCUT2D eigenvalue weighted by Crippen LogP contribution is -2.41. The van der Waals surface area contributed by atoms with Crippen LogP contribution in [0.15, 0.2) is 12.1 Å². The number of hydrogen-bond acceptors (Lipinski definition) is 8. The third-order valence-electron chi connectivity index (χ3n) is 5.52. The molecule has 1 aliphatic carbocycles. The number of hydrogen-bond donors (Lipinski definition) is 4. The average molecular weight is 552 g/mol. The Bertz CT molecular complexity index is 1110. The lowest BCUT2D eigenvalue weighted by atomic mass is 9.92. The van der Waals surface area contributed by atoms with Gasteiger partial charge in [0.05, 0.1) is 11.3 Å². The first-order chi connectivity index (χ1) is 16.0. The van der Waals surface area contributed by atoms with Gasteiger partial charge in [-0.2, -0.15) is 0 Å². The molecule has 5 N–H and O–H groups in total. The van der Waals surface area contributed by atoms with E-state index in [4.69, 9.17) is 5.73 Å². The number of nitrogens with one attached hydrogen (secondary N) is 3. The number of rotatable bonds is 10. The second-order valence-electron chi connectivity index (χ2n) is 9.01. The van der Waals surface area contributed by atoms with Crippen LogP contribution in [0.2, 0.25) is 0 Å². The number of anilines is 2. The Morgan fingerprint density at radius 3 is 2.29 bits per heavy atom. The number of nitrogen functional groups attached to an aromatic ring is 1. The molecule has 0 amide bonds. The Morgan fingerprint density at radius 1 is 1.17 bits per heavy atom. The highest BCUT2D eigenvalue weighted by Gasteiger charge is 2.28. The van der Waals surface area contributed by atoms with E-state index in [0.29, 0.717) is 36.4 Å². The lowest BCUT2D eigenvalue weighted by Gasteiger charge is -2.29. The summed E-state index contributed by atoms with van der Waals surface area (Å²) in [5, 5.41) is 6.41. The molecule has 0 aliphatic heterocycles. The van der Waals surface area contributed by atoms with Crippen LogP contribution in [0.25, 0.3) is 0 Å². The minimum absolute atomic E-state index is 0. The van der Waals surface area contributed by atoms with Crippen LogP contribution in [-0.2, 0) is 16.6 Å². The molecule has 35 heavy (non-hydrogen) atoms. The molecule has 1 aromatic carbocycles. The van der Waals surface area contributed by atoms with E-state index in [1.54, 1.807) is 7.05 Å². The molecule has 1 fully saturated rings. The number of thiazole rings is 1. The van der Waals surface area contributed by atoms with E-state index in [0.717, 1.165) is 23.5 Å². The van der Waals surface area contributed by atoms with E-state index < -0.39 is 33.0 Å². The summed E-state index contributed by atoms with van der Waals surface area (Å²) in [7, 11) is -1.66. The predicted octanol–water partition coefficient (Wildman–Crippen LogP) is 3.67. The number of nitrogens with two attached hydrogens (primary N) is 1. The van der Waals surface area contributed by atoms with Crippen LogP contribution < -0.4 is 21.1 Å². The average Bonchev–Trinajstić information content (AvgIpc) is 3.08. The number of ketones is 1. The summed E-state index contributed by atoms with van der Waals surface area (Å²) in [5.41, 5.74) is 5.63. The minimum Gasteiger partial charge on any atom is -0.382 e. The van der Waals surface area contributed by atoms with E-state index in [9.17, 15) is 22.0 Å². The summed E-state index contributed by atoms with van der Waals surface area (Å²) in [6.07, 6.45) is 2.73. The highest BCUT2D eigenvalue weighted by molar-refractivity contribution is 7.89. The molecule has 2 aromatic rings. The van der Waals surface area contributed by atoms with Crippen molar-refractivity contribution in [1.29, 1.82) is 0 Å². The standard InChI is InChI=1S/C22H31F2N5O3S2.ClH/c1-12(2)11-34(31,32)29-15-6-4-14(5-7-15)27-22-28-21(25)20(33-22)19(30)18-16(23)8-13(10-26-3)9-17(18)24;/h8-9,12,14-15,26,29H,4-7,10-11,25H2,1-3H3,(H,27,28);1H. The van der Waals surface area contributed by atoms with Crippen LogP contribution in [0.5, 0.6) is 0 Å². The first-order valence-electron chi connectivity index (χ1n) is 11.2. The molecule has 0 atom stereocenters. The second kappa shape index (κ2) is 12.4. The molecule has 1 aliphatic rings. The number of carbonyl (C=O) groups is 1. The van der Waals surface area contributed by atoms with E-state index >= 15 is 0 Å². The Labute approximate surface area is 214 Å². The lowest BCUT2D eigenvalue weighted by molar-refractivity contribution is 0.103. The van der Waals surface area contributed by atoms with Crippen molar-refractivity contribution >= 4 is 50.5 Å². The Kier molecular flexibility index (Phi) is 10.4. The van der Waals surface area contributed by atoms with E-state index in [-0.39, 0.29) is 53.4 Å². The van der Waals surface area contributed by atoms with Crippen LogP contribution in [-0.4, -0.2) is 44.1 Å². The molecule has 0 spiro atoms. The van der Waals surface area contributed by atoms with Crippen molar-refractivity contribution in [1.82, 2.24) is 15.0 Å². The molecule has 0 bridgehead atoms. The minimum atomic E-state index is -3.31. The largest absolute Gasteiger partial charge is 0.382 e. The molecule has 13 heteroatoms. The number of sulfonamides is 1. The number of aromatic nitrogens is 1. The molecule has 3 rings (SSSR count). The zero-order valence-corrected chi connectivity index (χ0v) is 22.3. The summed E-state index contributed by atoms with van der Waals surface area (Å²) in [4.78, 5) is 17.0. The van der Waals surface area contributed by atoms with Gasteiger partial charge in [0.15, 0.2) is 5.13 Å². The quantitative estimate of drug-likeness (QED) is 0.332. The highest BCUT2D eigenvalue weighted by Crippen LogP contribution is 2.31. The number of benzene rings is 1. The SMILES string of the molecule is CNCc1cc(F)c(C(=O)c2sc(NC3CCC(NS(=O)(=O)CC(C)C)CC3)nc2N)c(F)c1.Cl. The fourth-order valence-electron chi connectivity index (χ4n) is 4.09. The van der Waals surface area contributed by atoms with Gasteiger partial charge in [-0.3, -0.25) is 4.79 Å². The first kappa shape index (κ1) is 29.4. The Morgan fingerprint density at radius 2 is 1.74 bits per heavy atom. The van der Waals surface area contributed by atoms with Crippen molar-refractivity contribution < 1.29 is 22.0 Å². The molecule has 0 unspecified atom stereocenters. The number of nitrogens with zero attached hydrogens (tertiary/aromatic N) is 1. The summed E-state index contributed by atoms with van der Waals surface area (Å²) >= 11 is 0.952. The first-order valence-corrected chi connectivity index (χ1v) is 13.7. The zero-order valence-electron chi connectivity index (χ0n) is 19.9. The van der Waals surface area contributed by atoms with Crippen molar-refractivity contribution in [2.24, 2.45) is 5.92 Å². The maximum atomic E-state index is 14.5. The van der Waals surface area contributed by atoms with Gasteiger partial charge < -0.3 is 16.4 Å². The molecule has 0 saturated heterocycles. The van der Waals surface area contributed by atoms with Gasteiger partial charge in [0.2, 0.25) is 15.8 Å². The molecule has 8 nitrogen and oxygen atoms in total. The van der Waals surface area contributed by atoms with Crippen molar-refractivity contribution in [2.75, 3.05) is 23.9 Å². The third kappa shape index (κ3) is 7.81. The van der Waals surface area contributed by atoms with Crippen LogP contribution in [0.1, 0.15) is 60.3 Å². The topological polar surface area (TPSA) is 126 Å². The number of carbonyl (C=O) groups excluding carboxylic acids is 1. The third-order valence-corrected chi connectivity index (χ3v) is 8.32. The molecule has 1 aromatic heterocycles. The summed E-state index contributed by atoms with van der Waals surface area (Å²) < 4.78 is 56.1. The molecule has 196 valence electrons. The fraction of sp³-hybridized carbons (Fsp3) is 0.545. The maximum absolute atomic E-state index is 14.5. The smallest absolute Gasteiger partial charge is 0.212 e. The summed E-state index contributed by atoms with van der Waals surface area (Å²) in [6, 6.07) is 2.15. The Hall–Kier alpha value is -1.86. The summed E-state index contributed by atoms with van der Waals surface area (Å²) in [6.45, 7) is 3.99. The van der Waals surface area contributed by atoms with Gasteiger partial charge in [0, 0.05) is 18.6 Å². The molecular weight excluding hydrogens is 520 g/mol. The second-order valence-corrected chi connectivity index (χ2v) is 11.8. The van der Waals surface area contributed by atoms with Gasteiger partial charge in [-0.05, 0) is 56.3 Å². The molecule has 0 radical (unpaired) electrons. The fourth-order valence-corrected chi connectivity index (χ4v) is 6.72. The zero-order chi connectivity index (χ0) is 25.0.